The van der Waals surface area contributed by atoms with Gasteiger partial charge in [0.05, 0.1) is 23.2 Å². The van der Waals surface area contributed by atoms with Crippen molar-refractivity contribution in [1.29, 1.82) is 0 Å². The number of methoxy groups -OCH3 is 1. The standard InChI is InChI=1S/C20H23BrN2O4S/c1-7-8-26-17-13(21)9-12(10-14(17)25-6)16-15(11(2)22-19(28)23-16)18(24)27-20(3,4)5/h1,9-10,16H,8H2,2-6H3,(H2,22,23,28)/t16-/m1/s1. The van der Waals surface area contributed by atoms with Crippen LogP contribution in [0.2, 0.25) is 0 Å². The number of carbonyl (C=O) groups excluding carboxylic acids is 1. The third kappa shape index (κ3) is 5.18. The molecule has 1 aromatic rings. The predicted octanol–water partition coefficient (Wildman–Crippen LogP) is 3.60. The van der Waals surface area contributed by atoms with Crippen molar-refractivity contribution < 1.29 is 19.0 Å². The van der Waals surface area contributed by atoms with E-state index in [-0.39, 0.29) is 6.61 Å². The summed E-state index contributed by atoms with van der Waals surface area (Å²) in [6.45, 7) is 7.35. The minimum atomic E-state index is -0.627. The van der Waals surface area contributed by atoms with Crippen LogP contribution in [-0.2, 0) is 9.53 Å². The van der Waals surface area contributed by atoms with Crippen LogP contribution in [0.3, 0.4) is 0 Å². The van der Waals surface area contributed by atoms with Crippen LogP contribution in [0.15, 0.2) is 27.9 Å². The molecule has 0 fully saturated rings. The first kappa shape index (κ1) is 22.1. The molecule has 8 heteroatoms. The molecule has 0 aliphatic carbocycles. The molecule has 2 rings (SSSR count). The van der Waals surface area contributed by atoms with Crippen molar-refractivity contribution >= 4 is 39.2 Å². The van der Waals surface area contributed by atoms with Crippen LogP contribution in [0, 0.1) is 12.3 Å². The largest absolute Gasteiger partial charge is 0.493 e. The molecule has 0 unspecified atom stereocenters. The van der Waals surface area contributed by atoms with Crippen molar-refractivity contribution in [2.75, 3.05) is 13.7 Å². The number of halogens is 1. The number of hydrogen-bond donors (Lipinski definition) is 2. The lowest BCUT2D eigenvalue weighted by Crippen LogP contribution is -2.45. The van der Waals surface area contributed by atoms with Crippen molar-refractivity contribution in [2.45, 2.75) is 39.3 Å². The minimum Gasteiger partial charge on any atom is -0.493 e. The molecular weight excluding hydrogens is 444 g/mol. The molecule has 0 saturated carbocycles. The van der Waals surface area contributed by atoms with Crippen molar-refractivity contribution in [2.24, 2.45) is 0 Å². The van der Waals surface area contributed by atoms with Crippen LogP contribution < -0.4 is 20.1 Å². The highest BCUT2D eigenvalue weighted by Gasteiger charge is 2.33. The number of rotatable bonds is 5. The van der Waals surface area contributed by atoms with E-state index < -0.39 is 17.6 Å². The molecule has 1 aromatic carbocycles. The van der Waals surface area contributed by atoms with Gasteiger partial charge in [-0.15, -0.1) is 6.42 Å². The summed E-state index contributed by atoms with van der Waals surface area (Å²) in [6, 6.07) is 3.09. The highest BCUT2D eigenvalue weighted by molar-refractivity contribution is 9.10. The van der Waals surface area contributed by atoms with Gasteiger partial charge in [-0.25, -0.2) is 4.79 Å². The summed E-state index contributed by atoms with van der Waals surface area (Å²) in [6.07, 6.45) is 5.28. The number of terminal acetylenes is 1. The molecule has 0 spiro atoms. The summed E-state index contributed by atoms with van der Waals surface area (Å²) in [4.78, 5) is 12.9. The van der Waals surface area contributed by atoms with Crippen LogP contribution in [0.25, 0.3) is 0 Å². The third-order valence-electron chi connectivity index (χ3n) is 3.77. The Morgan fingerprint density at radius 3 is 2.64 bits per heavy atom. The highest BCUT2D eigenvalue weighted by atomic mass is 79.9. The van der Waals surface area contributed by atoms with Gasteiger partial charge in [0, 0.05) is 5.70 Å². The highest BCUT2D eigenvalue weighted by Crippen LogP contribution is 2.40. The van der Waals surface area contributed by atoms with Gasteiger partial charge in [-0.2, -0.15) is 0 Å². The first-order valence-electron chi connectivity index (χ1n) is 8.52. The Bertz CT molecular complexity index is 868. The first-order valence-corrected chi connectivity index (χ1v) is 9.72. The number of allylic oxidation sites excluding steroid dienone is 1. The van der Waals surface area contributed by atoms with Crippen molar-refractivity contribution in [3.05, 3.63) is 33.4 Å². The zero-order valence-corrected chi connectivity index (χ0v) is 18.8. The SMILES string of the molecule is C#CCOc1c(Br)cc([C@H]2NC(=S)NC(C)=C2C(=O)OC(C)(C)C)cc1OC. The van der Waals surface area contributed by atoms with E-state index in [9.17, 15) is 4.79 Å². The lowest BCUT2D eigenvalue weighted by Gasteiger charge is -2.32. The van der Waals surface area contributed by atoms with Gasteiger partial charge in [0.25, 0.3) is 0 Å². The van der Waals surface area contributed by atoms with Gasteiger partial charge >= 0.3 is 5.97 Å². The van der Waals surface area contributed by atoms with Gasteiger partial charge in [-0.1, -0.05) is 5.92 Å². The van der Waals surface area contributed by atoms with Crippen LogP contribution in [-0.4, -0.2) is 30.4 Å². The molecule has 150 valence electrons. The topological polar surface area (TPSA) is 68.8 Å². The van der Waals surface area contributed by atoms with Crippen molar-refractivity contribution in [3.8, 4) is 23.8 Å². The van der Waals surface area contributed by atoms with Crippen molar-refractivity contribution in [3.63, 3.8) is 0 Å². The van der Waals surface area contributed by atoms with Crippen LogP contribution in [0.5, 0.6) is 11.5 Å². The average Bonchev–Trinajstić information content (AvgIpc) is 2.57. The molecule has 28 heavy (non-hydrogen) atoms. The minimum absolute atomic E-state index is 0.103. The Hall–Kier alpha value is -2.24. The maximum Gasteiger partial charge on any atom is 0.338 e. The number of thiocarbonyl (C=S) groups is 1. The number of nitrogens with one attached hydrogen (secondary N) is 2. The van der Waals surface area contributed by atoms with Gasteiger partial charge in [0.1, 0.15) is 12.2 Å². The normalized spacial score (nSPS) is 16.6. The lowest BCUT2D eigenvalue weighted by molar-refractivity contribution is -0.150. The Morgan fingerprint density at radius 2 is 2.07 bits per heavy atom. The molecule has 1 atom stereocenters. The molecule has 6 nitrogen and oxygen atoms in total. The lowest BCUT2D eigenvalue weighted by atomic mass is 9.95. The molecule has 0 radical (unpaired) electrons. The third-order valence-corrected chi connectivity index (χ3v) is 4.58. The van der Waals surface area contributed by atoms with Crippen LogP contribution in [0.4, 0.5) is 0 Å². The van der Waals surface area contributed by atoms with Crippen LogP contribution >= 0.6 is 28.1 Å². The number of hydrogen-bond acceptors (Lipinski definition) is 5. The zero-order valence-electron chi connectivity index (χ0n) is 16.4. The monoisotopic (exact) mass is 466 g/mol. The zero-order chi connectivity index (χ0) is 21.1. The fourth-order valence-electron chi connectivity index (χ4n) is 2.71. The Morgan fingerprint density at radius 1 is 1.39 bits per heavy atom. The van der Waals surface area contributed by atoms with Crippen LogP contribution in [0.1, 0.15) is 39.3 Å². The predicted molar refractivity (Wildman–Crippen MR) is 115 cm³/mol. The number of carbonyl (C=O) groups is 1. The van der Waals surface area contributed by atoms with Gasteiger partial charge in [-0.05, 0) is 73.5 Å². The first-order chi connectivity index (χ1) is 13.1. The maximum atomic E-state index is 12.9. The maximum absolute atomic E-state index is 12.9. The quantitative estimate of drug-likeness (QED) is 0.390. The average molecular weight is 467 g/mol. The number of esters is 1. The molecule has 0 saturated heterocycles. The molecule has 0 amide bonds. The second-order valence-corrected chi connectivity index (χ2v) is 8.36. The fourth-order valence-corrected chi connectivity index (χ4v) is 3.55. The number of benzene rings is 1. The van der Waals surface area contributed by atoms with E-state index in [4.69, 9.17) is 32.9 Å². The van der Waals surface area contributed by atoms with Gasteiger partial charge in [0.2, 0.25) is 0 Å². The summed E-state index contributed by atoms with van der Waals surface area (Å²) < 4.78 is 17.2. The van der Waals surface area contributed by atoms with E-state index in [1.54, 1.807) is 13.0 Å². The second-order valence-electron chi connectivity index (χ2n) is 7.10. The molecular formula is C20H23BrN2O4S. The summed E-state index contributed by atoms with van der Waals surface area (Å²) >= 11 is 8.78. The van der Waals surface area contributed by atoms with E-state index in [2.05, 4.69) is 32.5 Å². The molecule has 1 heterocycles. The van der Waals surface area contributed by atoms with Crippen molar-refractivity contribution in [1.82, 2.24) is 10.6 Å². The smallest absolute Gasteiger partial charge is 0.338 e. The molecule has 1 aliphatic rings. The Kier molecular flexibility index (Phi) is 6.96. The molecule has 1 aliphatic heterocycles. The van der Waals surface area contributed by atoms with E-state index in [1.807, 2.05) is 26.8 Å². The number of ether oxygens (including phenoxy) is 3. The van der Waals surface area contributed by atoms with Gasteiger partial charge in [0.15, 0.2) is 16.6 Å². The molecule has 0 bridgehead atoms. The Balaban J connectivity index is 2.52. The second kappa shape index (κ2) is 8.84. The van der Waals surface area contributed by atoms with E-state index in [0.29, 0.717) is 32.4 Å². The van der Waals surface area contributed by atoms with E-state index in [0.717, 1.165) is 5.56 Å². The fraction of sp³-hybridized carbons (Fsp3) is 0.400. The van der Waals surface area contributed by atoms with Gasteiger partial charge < -0.3 is 24.8 Å². The van der Waals surface area contributed by atoms with E-state index in [1.165, 1.54) is 7.11 Å². The molecule has 2 N–H and O–H groups in total. The summed E-state index contributed by atoms with van der Waals surface area (Å²) in [5.41, 5.74) is 1.19. The van der Waals surface area contributed by atoms with E-state index >= 15 is 0 Å². The molecule has 0 aromatic heterocycles. The Labute approximate surface area is 179 Å². The van der Waals surface area contributed by atoms with Gasteiger partial charge in [-0.3, -0.25) is 0 Å². The summed E-state index contributed by atoms with van der Waals surface area (Å²) in [7, 11) is 1.53. The summed E-state index contributed by atoms with van der Waals surface area (Å²) in [5.74, 6) is 2.96. The summed E-state index contributed by atoms with van der Waals surface area (Å²) in [5, 5.41) is 6.54.